The van der Waals surface area contributed by atoms with Crippen molar-refractivity contribution in [2.45, 2.75) is 64.0 Å². The van der Waals surface area contributed by atoms with E-state index >= 15 is 0 Å². The van der Waals surface area contributed by atoms with E-state index in [0.29, 0.717) is 12.1 Å². The Morgan fingerprint density at radius 1 is 1.30 bits per heavy atom. The molecule has 1 aliphatic heterocycles. The molecule has 1 saturated heterocycles. The van der Waals surface area contributed by atoms with Gasteiger partial charge in [0.25, 0.3) is 0 Å². The van der Waals surface area contributed by atoms with Crippen molar-refractivity contribution in [2.24, 2.45) is 0 Å². The molecule has 0 radical (unpaired) electrons. The summed E-state index contributed by atoms with van der Waals surface area (Å²) in [7, 11) is 0. The molecule has 1 aromatic heterocycles. The van der Waals surface area contributed by atoms with Gasteiger partial charge >= 0.3 is 0 Å². The Morgan fingerprint density at radius 2 is 2.25 bits per heavy atom. The molecule has 4 nitrogen and oxygen atoms in total. The van der Waals surface area contributed by atoms with Crippen molar-refractivity contribution in [1.82, 2.24) is 15.3 Å². The monoisotopic (exact) mass is 275 g/mol. The van der Waals surface area contributed by atoms with Gasteiger partial charge < -0.3 is 10.1 Å². The number of hydrogen-bond acceptors (Lipinski definition) is 4. The van der Waals surface area contributed by atoms with Crippen LogP contribution in [0.25, 0.3) is 0 Å². The van der Waals surface area contributed by atoms with E-state index in [1.165, 1.54) is 36.9 Å². The first-order chi connectivity index (χ1) is 9.86. The van der Waals surface area contributed by atoms with Crippen molar-refractivity contribution < 1.29 is 4.74 Å². The van der Waals surface area contributed by atoms with E-state index in [-0.39, 0.29) is 0 Å². The third kappa shape index (κ3) is 3.18. The SMILES string of the molecule is CCNC1CCCc2nc(CC3CCCCO3)ncc21. The molecule has 4 heteroatoms. The number of nitrogens with zero attached hydrogens (tertiary/aromatic N) is 2. The molecule has 0 bridgehead atoms. The van der Waals surface area contributed by atoms with Crippen LogP contribution in [0, 0.1) is 0 Å². The summed E-state index contributed by atoms with van der Waals surface area (Å²) < 4.78 is 5.79. The summed E-state index contributed by atoms with van der Waals surface area (Å²) in [6, 6.07) is 0.448. The number of rotatable bonds is 4. The van der Waals surface area contributed by atoms with Crippen LogP contribution in [0.2, 0.25) is 0 Å². The molecule has 0 spiro atoms. The zero-order chi connectivity index (χ0) is 13.8. The zero-order valence-corrected chi connectivity index (χ0v) is 12.4. The van der Waals surface area contributed by atoms with Crippen LogP contribution in [-0.2, 0) is 17.6 Å². The van der Waals surface area contributed by atoms with Crippen molar-refractivity contribution in [3.8, 4) is 0 Å². The molecule has 20 heavy (non-hydrogen) atoms. The molecule has 2 aliphatic rings. The molecular formula is C16H25N3O. The minimum Gasteiger partial charge on any atom is -0.378 e. The van der Waals surface area contributed by atoms with Gasteiger partial charge in [-0.2, -0.15) is 0 Å². The summed E-state index contributed by atoms with van der Waals surface area (Å²) in [6.07, 6.45) is 10.4. The molecule has 3 rings (SSSR count). The van der Waals surface area contributed by atoms with Crippen LogP contribution < -0.4 is 5.32 Å². The molecule has 1 aromatic rings. The fourth-order valence-electron chi connectivity index (χ4n) is 3.32. The van der Waals surface area contributed by atoms with Gasteiger partial charge in [-0.05, 0) is 45.1 Å². The lowest BCUT2D eigenvalue weighted by molar-refractivity contribution is 0.0156. The molecule has 2 unspecified atom stereocenters. The van der Waals surface area contributed by atoms with Crippen LogP contribution in [0.15, 0.2) is 6.20 Å². The molecule has 2 atom stereocenters. The quantitative estimate of drug-likeness (QED) is 0.917. The van der Waals surface area contributed by atoms with Gasteiger partial charge in [-0.15, -0.1) is 0 Å². The predicted molar refractivity (Wildman–Crippen MR) is 78.7 cm³/mol. The van der Waals surface area contributed by atoms with Crippen molar-refractivity contribution in [3.63, 3.8) is 0 Å². The standard InChI is InChI=1S/C16H25N3O/c1-2-17-14-7-5-8-15-13(14)11-18-16(19-15)10-12-6-3-4-9-20-12/h11-12,14,17H,2-10H2,1H3. The molecule has 0 aromatic carbocycles. The summed E-state index contributed by atoms with van der Waals surface area (Å²) >= 11 is 0. The van der Waals surface area contributed by atoms with E-state index in [4.69, 9.17) is 9.72 Å². The van der Waals surface area contributed by atoms with Crippen molar-refractivity contribution >= 4 is 0 Å². The first-order valence-corrected chi connectivity index (χ1v) is 8.06. The molecule has 0 amide bonds. The summed E-state index contributed by atoms with van der Waals surface area (Å²) in [5.74, 6) is 0.966. The lowest BCUT2D eigenvalue weighted by Crippen LogP contribution is -2.27. The molecule has 2 heterocycles. The van der Waals surface area contributed by atoms with Gasteiger partial charge in [0.2, 0.25) is 0 Å². The van der Waals surface area contributed by atoms with Gasteiger partial charge in [-0.25, -0.2) is 9.97 Å². The molecule has 1 fully saturated rings. The highest BCUT2D eigenvalue weighted by molar-refractivity contribution is 5.24. The van der Waals surface area contributed by atoms with Gasteiger partial charge in [0.15, 0.2) is 0 Å². The second-order valence-corrected chi connectivity index (χ2v) is 5.88. The van der Waals surface area contributed by atoms with Crippen LogP contribution >= 0.6 is 0 Å². The Kier molecular flexibility index (Phi) is 4.63. The smallest absolute Gasteiger partial charge is 0.131 e. The third-order valence-electron chi connectivity index (χ3n) is 4.37. The van der Waals surface area contributed by atoms with Gasteiger partial charge in [0.1, 0.15) is 5.82 Å². The van der Waals surface area contributed by atoms with Crippen LogP contribution in [-0.4, -0.2) is 29.2 Å². The lowest BCUT2D eigenvalue weighted by atomic mass is 9.92. The second kappa shape index (κ2) is 6.64. The van der Waals surface area contributed by atoms with Crippen LogP contribution in [0.1, 0.15) is 62.2 Å². The summed E-state index contributed by atoms with van der Waals surface area (Å²) in [4.78, 5) is 9.40. The fourth-order valence-corrected chi connectivity index (χ4v) is 3.32. The second-order valence-electron chi connectivity index (χ2n) is 5.88. The Bertz CT molecular complexity index is 443. The number of hydrogen-bond donors (Lipinski definition) is 1. The topological polar surface area (TPSA) is 47.0 Å². The highest BCUT2D eigenvalue weighted by Gasteiger charge is 2.22. The minimum atomic E-state index is 0.329. The van der Waals surface area contributed by atoms with Crippen molar-refractivity contribution in [2.75, 3.05) is 13.2 Å². The van der Waals surface area contributed by atoms with Crippen LogP contribution in [0.3, 0.4) is 0 Å². The van der Waals surface area contributed by atoms with Crippen LogP contribution in [0.4, 0.5) is 0 Å². The minimum absolute atomic E-state index is 0.329. The highest BCUT2D eigenvalue weighted by atomic mass is 16.5. The van der Waals surface area contributed by atoms with Gasteiger partial charge in [0, 0.05) is 36.5 Å². The largest absolute Gasteiger partial charge is 0.378 e. The average Bonchev–Trinajstić information content (AvgIpc) is 2.49. The average molecular weight is 275 g/mol. The predicted octanol–water partition coefficient (Wildman–Crippen LogP) is 2.58. The molecule has 0 saturated carbocycles. The number of fused-ring (bicyclic) bond motifs is 1. The van der Waals surface area contributed by atoms with E-state index in [0.717, 1.165) is 38.2 Å². The zero-order valence-electron chi connectivity index (χ0n) is 12.4. The number of nitrogens with one attached hydrogen (secondary N) is 1. The van der Waals surface area contributed by atoms with Crippen molar-refractivity contribution in [1.29, 1.82) is 0 Å². The number of aryl methyl sites for hydroxylation is 1. The molecule has 1 N–H and O–H groups in total. The Labute approximate surface area is 121 Å². The highest BCUT2D eigenvalue weighted by Crippen LogP contribution is 2.28. The van der Waals surface area contributed by atoms with E-state index in [2.05, 4.69) is 17.2 Å². The number of aromatic nitrogens is 2. The normalized spacial score (nSPS) is 26.2. The summed E-state index contributed by atoms with van der Waals surface area (Å²) in [5, 5.41) is 3.54. The molecule has 1 aliphatic carbocycles. The first-order valence-electron chi connectivity index (χ1n) is 8.06. The molecule has 110 valence electrons. The van der Waals surface area contributed by atoms with E-state index < -0.39 is 0 Å². The Balaban J connectivity index is 1.71. The first kappa shape index (κ1) is 14.0. The molecular weight excluding hydrogens is 250 g/mol. The van der Waals surface area contributed by atoms with Crippen LogP contribution in [0.5, 0.6) is 0 Å². The lowest BCUT2D eigenvalue weighted by Gasteiger charge is -2.26. The van der Waals surface area contributed by atoms with E-state index in [1.54, 1.807) is 0 Å². The Morgan fingerprint density at radius 3 is 3.05 bits per heavy atom. The summed E-state index contributed by atoms with van der Waals surface area (Å²) in [6.45, 7) is 4.06. The Hall–Kier alpha value is -1.00. The maximum Gasteiger partial charge on any atom is 0.131 e. The number of ether oxygens (including phenoxy) is 1. The maximum absolute atomic E-state index is 5.79. The van der Waals surface area contributed by atoms with E-state index in [1.807, 2.05) is 6.20 Å². The third-order valence-corrected chi connectivity index (χ3v) is 4.37. The summed E-state index contributed by atoms with van der Waals surface area (Å²) in [5.41, 5.74) is 2.56. The van der Waals surface area contributed by atoms with Gasteiger partial charge in [-0.1, -0.05) is 6.92 Å². The van der Waals surface area contributed by atoms with E-state index in [9.17, 15) is 0 Å². The van der Waals surface area contributed by atoms with Gasteiger partial charge in [-0.3, -0.25) is 0 Å². The maximum atomic E-state index is 5.79. The fraction of sp³-hybridized carbons (Fsp3) is 0.750. The van der Waals surface area contributed by atoms with Crippen molar-refractivity contribution in [3.05, 3.63) is 23.3 Å². The van der Waals surface area contributed by atoms with Gasteiger partial charge in [0.05, 0.1) is 6.10 Å².